The van der Waals surface area contributed by atoms with Crippen LogP contribution in [0.15, 0.2) is 30.8 Å². The van der Waals surface area contributed by atoms with Crippen molar-refractivity contribution >= 4 is 6.08 Å². The van der Waals surface area contributed by atoms with Crippen LogP contribution < -0.4 is 5.32 Å². The van der Waals surface area contributed by atoms with Crippen LogP contribution >= 0.6 is 0 Å². The maximum absolute atomic E-state index is 3.96. The molecule has 0 unspecified atom stereocenters. The molecule has 2 nitrogen and oxygen atoms in total. The molecule has 2 rings (SSSR count). The fourth-order valence-electron chi connectivity index (χ4n) is 3.19. The molecule has 2 heteroatoms. The number of rotatable bonds is 4. The molecule has 0 bridgehead atoms. The Hall–Kier alpha value is -1.12. The molecule has 0 radical (unpaired) electrons. The smallest absolute Gasteiger partial charge is 0.0462 e. The number of benzene rings is 1. The predicted molar refractivity (Wildman–Crippen MR) is 83.2 cm³/mol. The Morgan fingerprint density at radius 1 is 1.26 bits per heavy atom. The molecule has 1 aromatic carbocycles. The number of likely N-dealkylation sites (tertiary alicyclic amines) is 1. The van der Waals surface area contributed by atoms with Crippen LogP contribution in [0.4, 0.5) is 0 Å². The third kappa shape index (κ3) is 2.75. The first-order chi connectivity index (χ1) is 9.13. The zero-order valence-corrected chi connectivity index (χ0v) is 12.4. The Balaban J connectivity index is 2.27. The molecule has 104 valence electrons. The molecule has 0 aliphatic carbocycles. The molecular formula is C17H26N2. The molecule has 0 spiro atoms. The van der Waals surface area contributed by atoms with Crippen molar-refractivity contribution in [2.24, 2.45) is 0 Å². The van der Waals surface area contributed by atoms with Gasteiger partial charge in [-0.15, -0.1) is 0 Å². The summed E-state index contributed by atoms with van der Waals surface area (Å²) >= 11 is 0. The van der Waals surface area contributed by atoms with Gasteiger partial charge < -0.3 is 10.2 Å². The van der Waals surface area contributed by atoms with Gasteiger partial charge in [-0.05, 0) is 44.9 Å². The fourth-order valence-corrected chi connectivity index (χ4v) is 3.19. The van der Waals surface area contributed by atoms with Gasteiger partial charge in [0.15, 0.2) is 0 Å². The van der Waals surface area contributed by atoms with Crippen LogP contribution in [-0.4, -0.2) is 31.1 Å². The second-order valence-corrected chi connectivity index (χ2v) is 5.75. The van der Waals surface area contributed by atoms with E-state index >= 15 is 0 Å². The molecule has 0 saturated carbocycles. The maximum atomic E-state index is 3.96. The lowest BCUT2D eigenvalue weighted by atomic mass is 9.78. The Morgan fingerprint density at radius 2 is 1.89 bits per heavy atom. The lowest BCUT2D eigenvalue weighted by Gasteiger charge is -2.44. The van der Waals surface area contributed by atoms with Gasteiger partial charge in [0.05, 0.1) is 0 Å². The van der Waals surface area contributed by atoms with E-state index in [9.17, 15) is 0 Å². The molecule has 1 N–H and O–H groups in total. The van der Waals surface area contributed by atoms with E-state index in [2.05, 4.69) is 62.0 Å². The maximum Gasteiger partial charge on any atom is 0.0462 e. The minimum atomic E-state index is 0.107. The molecule has 1 aliphatic heterocycles. The monoisotopic (exact) mass is 258 g/mol. The largest absolute Gasteiger partial charge is 0.310 e. The van der Waals surface area contributed by atoms with E-state index in [1.807, 2.05) is 6.08 Å². The van der Waals surface area contributed by atoms with E-state index in [1.54, 1.807) is 0 Å². The van der Waals surface area contributed by atoms with Crippen molar-refractivity contribution < 1.29 is 0 Å². The van der Waals surface area contributed by atoms with Crippen LogP contribution in [0.1, 0.15) is 37.8 Å². The highest BCUT2D eigenvalue weighted by atomic mass is 15.2. The highest BCUT2D eigenvalue weighted by molar-refractivity contribution is 5.54. The van der Waals surface area contributed by atoms with E-state index in [4.69, 9.17) is 0 Å². The first kappa shape index (κ1) is 14.3. The van der Waals surface area contributed by atoms with Crippen molar-refractivity contribution in [2.75, 3.05) is 20.1 Å². The molecule has 0 amide bonds. The molecule has 1 fully saturated rings. The lowest BCUT2D eigenvalue weighted by molar-refractivity contribution is 0.114. The predicted octanol–water partition coefficient (Wildman–Crippen LogP) is 3.25. The summed E-state index contributed by atoms with van der Waals surface area (Å²) in [6.45, 7) is 10.8. The van der Waals surface area contributed by atoms with Gasteiger partial charge in [0.1, 0.15) is 0 Å². The van der Waals surface area contributed by atoms with Crippen LogP contribution in [0.2, 0.25) is 0 Å². The minimum Gasteiger partial charge on any atom is -0.310 e. The summed E-state index contributed by atoms with van der Waals surface area (Å²) in [5.74, 6) is 0. The van der Waals surface area contributed by atoms with E-state index in [0.29, 0.717) is 6.04 Å². The fraction of sp³-hybridized carbons (Fsp3) is 0.529. The van der Waals surface area contributed by atoms with Crippen LogP contribution in [-0.2, 0) is 5.54 Å². The van der Waals surface area contributed by atoms with Gasteiger partial charge in [-0.1, -0.05) is 36.9 Å². The zero-order valence-electron chi connectivity index (χ0n) is 12.4. The van der Waals surface area contributed by atoms with Crippen molar-refractivity contribution in [2.45, 2.75) is 38.3 Å². The van der Waals surface area contributed by atoms with Gasteiger partial charge in [0.2, 0.25) is 0 Å². The number of piperidine rings is 1. The van der Waals surface area contributed by atoms with Crippen molar-refractivity contribution in [3.8, 4) is 0 Å². The van der Waals surface area contributed by atoms with E-state index in [0.717, 1.165) is 25.9 Å². The third-order valence-electron chi connectivity index (χ3n) is 4.56. The average molecular weight is 258 g/mol. The van der Waals surface area contributed by atoms with Crippen molar-refractivity contribution in [3.05, 3.63) is 42.0 Å². The summed E-state index contributed by atoms with van der Waals surface area (Å²) in [7, 11) is 2.09. The molecule has 1 heterocycles. The number of nitrogens with zero attached hydrogens (tertiary/aromatic N) is 1. The van der Waals surface area contributed by atoms with Gasteiger partial charge in [-0.3, -0.25) is 0 Å². The van der Waals surface area contributed by atoms with Crippen molar-refractivity contribution in [1.29, 1.82) is 0 Å². The third-order valence-corrected chi connectivity index (χ3v) is 4.56. The Labute approximate surface area is 117 Å². The van der Waals surface area contributed by atoms with Gasteiger partial charge in [-0.25, -0.2) is 0 Å². The highest BCUT2D eigenvalue weighted by Gasteiger charge is 2.36. The van der Waals surface area contributed by atoms with E-state index < -0.39 is 0 Å². The first-order valence-corrected chi connectivity index (χ1v) is 7.28. The van der Waals surface area contributed by atoms with Gasteiger partial charge in [0, 0.05) is 24.7 Å². The second kappa shape index (κ2) is 5.89. The summed E-state index contributed by atoms with van der Waals surface area (Å²) in [6, 6.07) is 9.28. The van der Waals surface area contributed by atoms with Crippen LogP contribution in [0.25, 0.3) is 6.08 Å². The number of hydrogen-bond donors (Lipinski definition) is 1. The molecule has 1 aliphatic rings. The Bertz CT molecular complexity index is 429. The summed E-state index contributed by atoms with van der Waals surface area (Å²) < 4.78 is 0. The topological polar surface area (TPSA) is 15.3 Å². The van der Waals surface area contributed by atoms with E-state index in [-0.39, 0.29) is 5.54 Å². The average Bonchev–Trinajstić information content (AvgIpc) is 2.47. The summed E-state index contributed by atoms with van der Waals surface area (Å²) in [6.07, 6.45) is 4.29. The zero-order chi connectivity index (χ0) is 13.9. The molecular weight excluding hydrogens is 232 g/mol. The molecule has 1 aromatic rings. The summed E-state index contributed by atoms with van der Waals surface area (Å²) in [4.78, 5) is 2.56. The standard InChI is InChI=1S/C17H26N2/c1-5-15-8-6-7-9-16(15)17(18-4)10-12-19(13-11-17)14(2)3/h5-9,14,18H,1,10-13H2,2-4H3. The second-order valence-electron chi connectivity index (χ2n) is 5.75. The Morgan fingerprint density at radius 3 is 2.42 bits per heavy atom. The Kier molecular flexibility index (Phi) is 4.43. The van der Waals surface area contributed by atoms with Gasteiger partial charge in [0.25, 0.3) is 0 Å². The first-order valence-electron chi connectivity index (χ1n) is 7.28. The normalized spacial score (nSPS) is 19.6. The van der Waals surface area contributed by atoms with Crippen LogP contribution in [0.5, 0.6) is 0 Å². The van der Waals surface area contributed by atoms with Crippen molar-refractivity contribution in [3.63, 3.8) is 0 Å². The van der Waals surface area contributed by atoms with Gasteiger partial charge >= 0.3 is 0 Å². The minimum absolute atomic E-state index is 0.107. The quantitative estimate of drug-likeness (QED) is 0.892. The van der Waals surface area contributed by atoms with Crippen LogP contribution in [0, 0.1) is 0 Å². The summed E-state index contributed by atoms with van der Waals surface area (Å²) in [5.41, 5.74) is 2.77. The molecule has 0 atom stereocenters. The van der Waals surface area contributed by atoms with E-state index in [1.165, 1.54) is 11.1 Å². The lowest BCUT2D eigenvalue weighted by Crippen LogP contribution is -2.51. The number of hydrogen-bond acceptors (Lipinski definition) is 2. The highest BCUT2D eigenvalue weighted by Crippen LogP contribution is 2.35. The SMILES string of the molecule is C=Cc1ccccc1C1(NC)CCN(C(C)C)CC1. The summed E-state index contributed by atoms with van der Waals surface area (Å²) in [5, 5.41) is 3.59. The van der Waals surface area contributed by atoms with Crippen molar-refractivity contribution in [1.82, 2.24) is 10.2 Å². The van der Waals surface area contributed by atoms with Crippen LogP contribution in [0.3, 0.4) is 0 Å². The molecule has 1 saturated heterocycles. The molecule has 0 aromatic heterocycles. The van der Waals surface area contributed by atoms with Gasteiger partial charge in [-0.2, -0.15) is 0 Å². The number of nitrogens with one attached hydrogen (secondary N) is 1. The molecule has 19 heavy (non-hydrogen) atoms.